The van der Waals surface area contributed by atoms with E-state index in [9.17, 15) is 0 Å². The quantitative estimate of drug-likeness (QED) is 0.876. The van der Waals surface area contributed by atoms with Crippen molar-refractivity contribution in [1.82, 2.24) is 5.32 Å². The molecule has 2 atom stereocenters. The molecule has 0 amide bonds. The number of piperazine rings is 1. The van der Waals surface area contributed by atoms with Crippen molar-refractivity contribution in [3.05, 3.63) is 29.8 Å². The normalized spacial score (nSPS) is 24.6. The van der Waals surface area contributed by atoms with E-state index in [1.54, 1.807) is 0 Å². The van der Waals surface area contributed by atoms with Gasteiger partial charge in [-0.2, -0.15) is 0 Å². The van der Waals surface area contributed by atoms with Crippen molar-refractivity contribution in [2.45, 2.75) is 53.1 Å². The van der Waals surface area contributed by atoms with Crippen LogP contribution in [0.3, 0.4) is 0 Å². The SMILES string of the molecule is CC1CN(c2cccc(CC(C)(C)C)c2)CC(C)N1. The standard InChI is InChI=1S/C17H28N2/c1-13-11-19(12-14(2)18-13)16-8-6-7-15(9-16)10-17(3,4)5/h6-9,13-14,18H,10-12H2,1-5H3. The molecule has 1 saturated heterocycles. The lowest BCUT2D eigenvalue weighted by Crippen LogP contribution is -2.54. The molecule has 1 N–H and O–H groups in total. The van der Waals surface area contributed by atoms with E-state index in [0.29, 0.717) is 17.5 Å². The van der Waals surface area contributed by atoms with E-state index in [0.717, 1.165) is 19.5 Å². The van der Waals surface area contributed by atoms with Crippen molar-refractivity contribution >= 4 is 5.69 Å². The summed E-state index contributed by atoms with van der Waals surface area (Å²) in [5.41, 5.74) is 3.17. The summed E-state index contributed by atoms with van der Waals surface area (Å²) >= 11 is 0. The Labute approximate surface area is 118 Å². The first kappa shape index (κ1) is 14.4. The van der Waals surface area contributed by atoms with Gasteiger partial charge in [-0.05, 0) is 43.4 Å². The van der Waals surface area contributed by atoms with E-state index in [1.165, 1.54) is 11.3 Å². The Bertz CT molecular complexity index is 410. The largest absolute Gasteiger partial charge is 0.368 e. The molecule has 0 bridgehead atoms. The lowest BCUT2D eigenvalue weighted by molar-refractivity contribution is 0.405. The fourth-order valence-electron chi connectivity index (χ4n) is 3.01. The summed E-state index contributed by atoms with van der Waals surface area (Å²) in [4.78, 5) is 2.51. The van der Waals surface area contributed by atoms with Crippen molar-refractivity contribution < 1.29 is 0 Å². The van der Waals surface area contributed by atoms with Crippen LogP contribution in [0.1, 0.15) is 40.2 Å². The summed E-state index contributed by atoms with van der Waals surface area (Å²) in [6, 6.07) is 10.2. The average Bonchev–Trinajstić information content (AvgIpc) is 2.25. The Kier molecular flexibility index (Phi) is 4.19. The second-order valence-electron chi connectivity index (χ2n) is 7.28. The highest BCUT2D eigenvalue weighted by atomic mass is 15.2. The second-order valence-corrected chi connectivity index (χ2v) is 7.28. The smallest absolute Gasteiger partial charge is 0.0370 e. The van der Waals surface area contributed by atoms with Gasteiger partial charge in [0, 0.05) is 30.9 Å². The van der Waals surface area contributed by atoms with Gasteiger partial charge in [-0.1, -0.05) is 32.9 Å². The summed E-state index contributed by atoms with van der Waals surface area (Å²) in [6.45, 7) is 13.6. The van der Waals surface area contributed by atoms with Crippen molar-refractivity contribution in [3.8, 4) is 0 Å². The highest BCUT2D eigenvalue weighted by molar-refractivity contribution is 5.49. The van der Waals surface area contributed by atoms with Crippen LogP contribution in [0.25, 0.3) is 0 Å². The molecule has 19 heavy (non-hydrogen) atoms. The zero-order valence-electron chi connectivity index (χ0n) is 13.0. The third kappa shape index (κ3) is 4.24. The first-order valence-electron chi connectivity index (χ1n) is 7.43. The number of rotatable bonds is 2. The van der Waals surface area contributed by atoms with Crippen molar-refractivity contribution in [2.75, 3.05) is 18.0 Å². The van der Waals surface area contributed by atoms with Crippen LogP contribution in [-0.2, 0) is 6.42 Å². The fourth-order valence-corrected chi connectivity index (χ4v) is 3.01. The molecule has 2 nitrogen and oxygen atoms in total. The van der Waals surface area contributed by atoms with Gasteiger partial charge in [-0.15, -0.1) is 0 Å². The minimum atomic E-state index is 0.350. The van der Waals surface area contributed by atoms with Gasteiger partial charge in [0.25, 0.3) is 0 Å². The fraction of sp³-hybridized carbons (Fsp3) is 0.647. The van der Waals surface area contributed by atoms with Crippen LogP contribution in [0.2, 0.25) is 0 Å². The minimum Gasteiger partial charge on any atom is -0.368 e. The summed E-state index contributed by atoms with van der Waals surface area (Å²) in [7, 11) is 0. The summed E-state index contributed by atoms with van der Waals surface area (Å²) in [5, 5.41) is 3.59. The molecule has 1 aromatic rings. The third-order valence-corrected chi connectivity index (χ3v) is 3.57. The number of anilines is 1. The number of benzene rings is 1. The molecule has 2 unspecified atom stereocenters. The first-order chi connectivity index (χ1) is 8.83. The van der Waals surface area contributed by atoms with Crippen molar-refractivity contribution in [1.29, 1.82) is 0 Å². The summed E-state index contributed by atoms with van der Waals surface area (Å²) < 4.78 is 0. The van der Waals surface area contributed by atoms with E-state index < -0.39 is 0 Å². The van der Waals surface area contributed by atoms with E-state index >= 15 is 0 Å². The van der Waals surface area contributed by atoms with Gasteiger partial charge in [0.15, 0.2) is 0 Å². The van der Waals surface area contributed by atoms with Gasteiger partial charge in [0.1, 0.15) is 0 Å². The molecule has 1 heterocycles. The molecular weight excluding hydrogens is 232 g/mol. The molecule has 0 radical (unpaired) electrons. The maximum atomic E-state index is 3.59. The van der Waals surface area contributed by atoms with Crippen molar-refractivity contribution in [3.63, 3.8) is 0 Å². The molecule has 1 fully saturated rings. The van der Waals surface area contributed by atoms with Crippen LogP contribution in [0, 0.1) is 5.41 Å². The van der Waals surface area contributed by atoms with Crippen LogP contribution in [-0.4, -0.2) is 25.2 Å². The van der Waals surface area contributed by atoms with Gasteiger partial charge in [-0.3, -0.25) is 0 Å². The van der Waals surface area contributed by atoms with Gasteiger partial charge < -0.3 is 10.2 Å². The molecule has 0 spiro atoms. The highest BCUT2D eigenvalue weighted by Gasteiger charge is 2.21. The molecular formula is C17H28N2. The van der Waals surface area contributed by atoms with Gasteiger partial charge in [-0.25, -0.2) is 0 Å². The number of hydrogen-bond acceptors (Lipinski definition) is 2. The first-order valence-corrected chi connectivity index (χ1v) is 7.43. The lowest BCUT2D eigenvalue weighted by atomic mass is 9.88. The van der Waals surface area contributed by atoms with Crippen LogP contribution < -0.4 is 10.2 Å². The predicted octanol–water partition coefficient (Wildman–Crippen LogP) is 3.46. The van der Waals surface area contributed by atoms with Crippen LogP contribution in [0.5, 0.6) is 0 Å². The lowest BCUT2D eigenvalue weighted by Gasteiger charge is -2.38. The van der Waals surface area contributed by atoms with E-state index in [1.807, 2.05) is 0 Å². The maximum Gasteiger partial charge on any atom is 0.0370 e. The molecule has 0 aromatic heterocycles. The summed E-state index contributed by atoms with van der Waals surface area (Å²) in [6.07, 6.45) is 1.14. The molecule has 2 rings (SSSR count). The zero-order chi connectivity index (χ0) is 14.0. The van der Waals surface area contributed by atoms with Crippen LogP contribution in [0.4, 0.5) is 5.69 Å². The molecule has 1 aliphatic heterocycles. The molecule has 1 aromatic carbocycles. The predicted molar refractivity (Wildman–Crippen MR) is 83.9 cm³/mol. The van der Waals surface area contributed by atoms with Gasteiger partial charge in [0.2, 0.25) is 0 Å². The zero-order valence-corrected chi connectivity index (χ0v) is 13.0. The highest BCUT2D eigenvalue weighted by Crippen LogP contribution is 2.24. The van der Waals surface area contributed by atoms with Gasteiger partial charge in [0.05, 0.1) is 0 Å². The van der Waals surface area contributed by atoms with Gasteiger partial charge >= 0.3 is 0 Å². The Morgan fingerprint density at radius 2 is 1.79 bits per heavy atom. The summed E-state index contributed by atoms with van der Waals surface area (Å²) in [5.74, 6) is 0. The Morgan fingerprint density at radius 3 is 2.37 bits per heavy atom. The maximum absolute atomic E-state index is 3.59. The van der Waals surface area contributed by atoms with E-state index in [-0.39, 0.29) is 0 Å². The van der Waals surface area contributed by atoms with E-state index in [2.05, 4.69) is 69.1 Å². The Morgan fingerprint density at radius 1 is 1.16 bits per heavy atom. The molecule has 0 saturated carbocycles. The molecule has 106 valence electrons. The molecule has 1 aliphatic rings. The molecule has 2 heteroatoms. The second kappa shape index (κ2) is 5.54. The third-order valence-electron chi connectivity index (χ3n) is 3.57. The minimum absolute atomic E-state index is 0.350. The Balaban J connectivity index is 2.14. The average molecular weight is 260 g/mol. The number of nitrogens with one attached hydrogen (secondary N) is 1. The van der Waals surface area contributed by atoms with E-state index in [4.69, 9.17) is 0 Å². The topological polar surface area (TPSA) is 15.3 Å². The van der Waals surface area contributed by atoms with Crippen LogP contribution >= 0.6 is 0 Å². The molecule has 0 aliphatic carbocycles. The van der Waals surface area contributed by atoms with Crippen LogP contribution in [0.15, 0.2) is 24.3 Å². The Hall–Kier alpha value is -1.02. The van der Waals surface area contributed by atoms with Crippen molar-refractivity contribution in [2.24, 2.45) is 5.41 Å². The number of hydrogen-bond donors (Lipinski definition) is 1. The number of nitrogens with zero attached hydrogens (tertiary/aromatic N) is 1. The monoisotopic (exact) mass is 260 g/mol.